The Morgan fingerprint density at radius 1 is 0.800 bits per heavy atom. The molecule has 0 aliphatic heterocycles. The van der Waals surface area contributed by atoms with E-state index in [1.165, 1.54) is 6.92 Å². The molecule has 2 atom stereocenters. The molecule has 2 aromatic carbocycles. The number of esters is 1. The Balaban J connectivity index is 1.91. The summed E-state index contributed by atoms with van der Waals surface area (Å²) in [6, 6.07) is 14.4. The number of nitrogens with one attached hydrogen (secondary N) is 3. The number of carbonyl (C=O) groups is 4. The van der Waals surface area contributed by atoms with E-state index in [-0.39, 0.29) is 18.6 Å². The monoisotopic (exact) mass is 555 g/mol. The van der Waals surface area contributed by atoms with Gasteiger partial charge in [-0.2, -0.15) is 0 Å². The number of benzene rings is 2. The van der Waals surface area contributed by atoms with Crippen LogP contribution in [0.15, 0.2) is 54.6 Å². The van der Waals surface area contributed by atoms with Crippen molar-refractivity contribution in [1.29, 1.82) is 0 Å². The summed E-state index contributed by atoms with van der Waals surface area (Å²) in [5.74, 6) is -1.09. The summed E-state index contributed by atoms with van der Waals surface area (Å²) >= 11 is 0. The summed E-state index contributed by atoms with van der Waals surface area (Å²) in [6.07, 6.45) is -0.588. The molecule has 3 amide bonds. The fraction of sp³-hybridized carbons (Fsp3) is 0.467. The lowest BCUT2D eigenvalue weighted by molar-refractivity contribution is -0.158. The number of carbonyl (C=O) groups excluding carboxylic acids is 4. The number of alkyl carbamates (subject to hydrolysis) is 1. The van der Waals surface area contributed by atoms with Gasteiger partial charge in [0, 0.05) is 6.42 Å². The highest BCUT2D eigenvalue weighted by atomic mass is 16.6. The Kier molecular flexibility index (Phi) is 11.5. The molecule has 3 N–H and O–H groups in total. The van der Waals surface area contributed by atoms with Crippen LogP contribution >= 0.6 is 0 Å². The first-order chi connectivity index (χ1) is 18.6. The minimum Gasteiger partial charge on any atom is -0.488 e. The number of ether oxygens (including phenoxy) is 3. The van der Waals surface area contributed by atoms with Crippen LogP contribution in [0.4, 0.5) is 4.79 Å². The maximum Gasteiger partial charge on any atom is 0.408 e. The van der Waals surface area contributed by atoms with Crippen molar-refractivity contribution in [1.82, 2.24) is 16.0 Å². The zero-order valence-corrected chi connectivity index (χ0v) is 24.3. The molecule has 0 aliphatic rings. The molecule has 0 spiro atoms. The van der Waals surface area contributed by atoms with Gasteiger partial charge >= 0.3 is 12.1 Å². The van der Waals surface area contributed by atoms with E-state index in [0.717, 1.165) is 11.1 Å². The molecule has 40 heavy (non-hydrogen) atoms. The van der Waals surface area contributed by atoms with Crippen molar-refractivity contribution in [3.8, 4) is 5.75 Å². The Labute approximate surface area is 236 Å². The third kappa shape index (κ3) is 12.6. The Bertz CT molecular complexity index is 1140. The lowest BCUT2D eigenvalue weighted by atomic mass is 10.0. The highest BCUT2D eigenvalue weighted by Gasteiger charge is 2.27. The summed E-state index contributed by atoms with van der Waals surface area (Å²) in [5, 5.41) is 7.52. The van der Waals surface area contributed by atoms with Crippen molar-refractivity contribution in [2.45, 2.75) is 84.8 Å². The van der Waals surface area contributed by atoms with E-state index in [0.29, 0.717) is 5.75 Å². The van der Waals surface area contributed by atoms with Crippen LogP contribution in [0.25, 0.3) is 0 Å². The second-order valence-corrected chi connectivity index (χ2v) is 11.4. The lowest BCUT2D eigenvalue weighted by Crippen LogP contribution is -2.51. The normalized spacial score (nSPS) is 12.9. The van der Waals surface area contributed by atoms with Crippen LogP contribution < -0.4 is 20.7 Å². The third-order valence-electron chi connectivity index (χ3n) is 5.18. The fourth-order valence-corrected chi connectivity index (χ4v) is 3.42. The zero-order chi connectivity index (χ0) is 29.9. The van der Waals surface area contributed by atoms with Gasteiger partial charge in [0.15, 0.2) is 0 Å². The van der Waals surface area contributed by atoms with Gasteiger partial charge in [-0.15, -0.1) is 0 Å². The van der Waals surface area contributed by atoms with Gasteiger partial charge in [-0.25, -0.2) is 9.59 Å². The van der Waals surface area contributed by atoms with Gasteiger partial charge in [0.2, 0.25) is 11.8 Å². The Morgan fingerprint density at radius 3 is 2.00 bits per heavy atom. The minimum absolute atomic E-state index is 0.0574. The van der Waals surface area contributed by atoms with E-state index < -0.39 is 48.1 Å². The van der Waals surface area contributed by atoms with Crippen LogP contribution in [-0.2, 0) is 36.9 Å². The van der Waals surface area contributed by atoms with Crippen molar-refractivity contribution < 1.29 is 33.4 Å². The third-order valence-corrected chi connectivity index (χ3v) is 5.18. The summed E-state index contributed by atoms with van der Waals surface area (Å²) in [5.41, 5.74) is 0.483. The van der Waals surface area contributed by atoms with Crippen LogP contribution in [0.1, 0.15) is 59.6 Å². The Hall–Kier alpha value is -4.08. The van der Waals surface area contributed by atoms with Crippen molar-refractivity contribution >= 4 is 23.9 Å². The molecule has 0 aliphatic carbocycles. The minimum atomic E-state index is -0.985. The molecule has 0 saturated carbocycles. The van der Waals surface area contributed by atoms with E-state index in [2.05, 4.69) is 16.0 Å². The molecule has 218 valence electrons. The summed E-state index contributed by atoms with van der Waals surface area (Å²) in [6.45, 7) is 12.2. The van der Waals surface area contributed by atoms with Crippen LogP contribution in [0.2, 0.25) is 0 Å². The molecule has 2 aromatic rings. The number of amides is 3. The van der Waals surface area contributed by atoms with E-state index in [4.69, 9.17) is 14.2 Å². The highest BCUT2D eigenvalue weighted by molar-refractivity contribution is 5.91. The number of hydrogen-bond donors (Lipinski definition) is 3. The average molecular weight is 556 g/mol. The fourth-order valence-electron chi connectivity index (χ4n) is 3.42. The van der Waals surface area contributed by atoms with Gasteiger partial charge in [0.1, 0.15) is 35.6 Å². The topological polar surface area (TPSA) is 132 Å². The van der Waals surface area contributed by atoms with Crippen LogP contribution in [0.3, 0.4) is 0 Å². The van der Waals surface area contributed by atoms with Crippen LogP contribution in [0.5, 0.6) is 5.75 Å². The first kappa shape index (κ1) is 32.1. The van der Waals surface area contributed by atoms with Gasteiger partial charge in [-0.1, -0.05) is 42.5 Å². The van der Waals surface area contributed by atoms with Crippen LogP contribution in [-0.4, -0.2) is 53.7 Å². The van der Waals surface area contributed by atoms with Gasteiger partial charge in [-0.3, -0.25) is 9.59 Å². The highest BCUT2D eigenvalue weighted by Crippen LogP contribution is 2.19. The van der Waals surface area contributed by atoms with Crippen molar-refractivity contribution in [3.05, 3.63) is 65.7 Å². The van der Waals surface area contributed by atoms with E-state index >= 15 is 0 Å². The van der Waals surface area contributed by atoms with E-state index in [1.807, 2.05) is 63.2 Å². The first-order valence-electron chi connectivity index (χ1n) is 13.2. The molecule has 0 saturated heterocycles. The lowest BCUT2D eigenvalue weighted by Gasteiger charge is -2.25. The van der Waals surface area contributed by atoms with Gasteiger partial charge in [0.25, 0.3) is 0 Å². The molecule has 0 aromatic heterocycles. The molecule has 0 unspecified atom stereocenters. The maximum atomic E-state index is 12.9. The smallest absolute Gasteiger partial charge is 0.408 e. The maximum absolute atomic E-state index is 12.9. The molecular formula is C30H41N3O7. The molecule has 2 rings (SSSR count). The van der Waals surface area contributed by atoms with Crippen molar-refractivity contribution in [2.75, 3.05) is 6.54 Å². The summed E-state index contributed by atoms with van der Waals surface area (Å²) in [4.78, 5) is 50.0. The second kappa shape index (κ2) is 14.3. The van der Waals surface area contributed by atoms with E-state index in [9.17, 15) is 19.2 Å². The summed E-state index contributed by atoms with van der Waals surface area (Å²) in [7, 11) is 0. The van der Waals surface area contributed by atoms with Gasteiger partial charge in [0.05, 0.1) is 6.54 Å². The van der Waals surface area contributed by atoms with Crippen molar-refractivity contribution in [3.63, 3.8) is 0 Å². The second-order valence-electron chi connectivity index (χ2n) is 11.4. The van der Waals surface area contributed by atoms with E-state index in [1.54, 1.807) is 32.9 Å². The summed E-state index contributed by atoms with van der Waals surface area (Å²) < 4.78 is 16.4. The predicted octanol–water partition coefficient (Wildman–Crippen LogP) is 3.66. The Morgan fingerprint density at radius 2 is 1.43 bits per heavy atom. The van der Waals surface area contributed by atoms with Crippen molar-refractivity contribution in [2.24, 2.45) is 0 Å². The zero-order valence-electron chi connectivity index (χ0n) is 24.3. The molecule has 0 radical (unpaired) electrons. The number of hydrogen-bond acceptors (Lipinski definition) is 7. The first-order valence-corrected chi connectivity index (χ1v) is 13.2. The molecular weight excluding hydrogens is 514 g/mol. The molecule has 0 bridgehead atoms. The SMILES string of the molecule is C[C@H](NC(=O)OCc1ccccc1)C(=O)NCC(=O)N[C@H](Cc1ccc(OC(C)(C)C)cc1)C(=O)OC(C)(C)C. The largest absolute Gasteiger partial charge is 0.488 e. The van der Waals surface area contributed by atoms with Crippen LogP contribution in [0, 0.1) is 0 Å². The average Bonchev–Trinajstić information content (AvgIpc) is 2.85. The molecule has 0 heterocycles. The molecule has 0 fully saturated rings. The quantitative estimate of drug-likeness (QED) is 0.361. The molecule has 10 nitrogen and oxygen atoms in total. The van der Waals surface area contributed by atoms with Gasteiger partial charge < -0.3 is 30.2 Å². The number of rotatable bonds is 11. The predicted molar refractivity (Wildman–Crippen MR) is 151 cm³/mol. The standard InChI is InChI=1S/C30H41N3O7/c1-20(32-28(37)38-19-22-11-9-8-10-12-22)26(35)31-18-25(34)33-24(27(36)40-30(5,6)7)17-21-13-15-23(16-14-21)39-29(2,3)4/h8-16,20,24H,17-19H2,1-7H3,(H,31,35)(H,32,37)(H,33,34)/t20-,24+/m0/s1. The van der Waals surface area contributed by atoms with Gasteiger partial charge in [-0.05, 0) is 71.7 Å². The molecule has 10 heteroatoms.